The van der Waals surface area contributed by atoms with Crippen molar-refractivity contribution < 1.29 is 19.1 Å². The fourth-order valence-electron chi connectivity index (χ4n) is 4.34. The summed E-state index contributed by atoms with van der Waals surface area (Å²) in [7, 11) is 3.91. The summed E-state index contributed by atoms with van der Waals surface area (Å²) in [6.07, 6.45) is 1.57. The molecule has 3 fully saturated rings. The highest BCUT2D eigenvalue weighted by Crippen LogP contribution is 2.41. The van der Waals surface area contributed by atoms with Gasteiger partial charge < -0.3 is 24.8 Å². The third kappa shape index (κ3) is 5.29. The number of ether oxygens (including phenoxy) is 1. The molecule has 3 saturated heterocycles. The van der Waals surface area contributed by atoms with Crippen molar-refractivity contribution in [3.05, 3.63) is 47.0 Å². The molecule has 2 aromatic rings. The average Bonchev–Trinajstić information content (AvgIpc) is 3.08. The van der Waals surface area contributed by atoms with E-state index in [0.717, 1.165) is 24.0 Å². The summed E-state index contributed by atoms with van der Waals surface area (Å²) < 4.78 is 5.84. The first-order valence-corrected chi connectivity index (χ1v) is 12.4. The number of hydrogen-bond acceptors (Lipinski definition) is 9. The van der Waals surface area contributed by atoms with Gasteiger partial charge >= 0.3 is 6.03 Å². The highest BCUT2D eigenvalue weighted by Gasteiger charge is 2.54. The maximum absolute atomic E-state index is 12.5. The Bertz CT molecular complexity index is 1210. The molecule has 1 aromatic heterocycles. The number of urea groups is 1. The number of thioether (sulfide) groups is 1. The lowest BCUT2D eigenvalue weighted by molar-refractivity contribution is -0.115. The van der Waals surface area contributed by atoms with Crippen LogP contribution in [0.3, 0.4) is 0 Å². The lowest BCUT2D eigenvalue weighted by Gasteiger charge is -2.59. The number of para-hydroxylation sites is 1. The van der Waals surface area contributed by atoms with Crippen LogP contribution in [-0.2, 0) is 4.79 Å². The molecule has 0 saturated carbocycles. The predicted molar refractivity (Wildman–Crippen MR) is 137 cm³/mol. The van der Waals surface area contributed by atoms with Crippen LogP contribution >= 0.6 is 11.8 Å². The molecule has 0 radical (unpaired) electrons. The molecule has 3 aliphatic rings. The maximum Gasteiger partial charge on any atom is 0.321 e. The molecule has 3 aliphatic heterocycles. The molecule has 12 heteroatoms. The highest BCUT2D eigenvalue weighted by atomic mass is 32.2. The van der Waals surface area contributed by atoms with E-state index in [2.05, 4.69) is 20.6 Å². The molecule has 4 amide bonds. The summed E-state index contributed by atoms with van der Waals surface area (Å²) >= 11 is 0.843. The summed E-state index contributed by atoms with van der Waals surface area (Å²) in [5.74, 6) is 0.463. The number of nitrogens with zero attached hydrogens (tertiary/aromatic N) is 5. The van der Waals surface area contributed by atoms with E-state index in [-0.39, 0.29) is 16.4 Å². The number of likely N-dealkylation sites (tertiary alicyclic amines) is 1. The van der Waals surface area contributed by atoms with Crippen molar-refractivity contribution in [2.24, 2.45) is 5.41 Å². The number of likely N-dealkylation sites (N-methyl/N-ethyl adjacent to an activating group) is 1. The molecule has 1 spiro atoms. The van der Waals surface area contributed by atoms with E-state index in [1.807, 2.05) is 54.2 Å². The van der Waals surface area contributed by atoms with Crippen LogP contribution in [0.25, 0.3) is 6.08 Å². The molecule has 0 unspecified atom stereocenters. The number of amides is 4. The molecule has 5 rings (SSSR count). The second kappa shape index (κ2) is 9.78. The zero-order valence-electron chi connectivity index (χ0n) is 20.1. The largest absolute Gasteiger partial charge is 0.476 e. The van der Waals surface area contributed by atoms with Crippen LogP contribution in [0.4, 0.5) is 21.2 Å². The second-order valence-electron chi connectivity index (χ2n) is 9.44. The van der Waals surface area contributed by atoms with Gasteiger partial charge in [0.1, 0.15) is 6.61 Å². The molecule has 11 nitrogen and oxygen atoms in total. The molecular weight excluding hydrogens is 482 g/mol. The SMILES string of the molecule is CN(C)CCOc1cc(/C=C2\SC(=O)NC2=O)nc(N2CC3(CN(C(=O)Nc4ccccc4)C3)C2)n1. The van der Waals surface area contributed by atoms with Crippen molar-refractivity contribution in [1.29, 1.82) is 0 Å². The van der Waals surface area contributed by atoms with Gasteiger partial charge in [0.15, 0.2) is 0 Å². The van der Waals surface area contributed by atoms with Crippen LogP contribution in [-0.4, -0.2) is 90.4 Å². The minimum atomic E-state index is -0.438. The normalized spacial score (nSPS) is 19.4. The Morgan fingerprint density at radius 1 is 1.19 bits per heavy atom. The number of aromatic nitrogens is 2. The van der Waals surface area contributed by atoms with Crippen molar-refractivity contribution in [3.63, 3.8) is 0 Å². The quantitative estimate of drug-likeness (QED) is 0.541. The van der Waals surface area contributed by atoms with Crippen LogP contribution in [0.2, 0.25) is 0 Å². The van der Waals surface area contributed by atoms with Crippen LogP contribution < -0.4 is 20.3 Å². The Kier molecular flexibility index (Phi) is 6.54. The average molecular weight is 510 g/mol. The number of benzene rings is 1. The van der Waals surface area contributed by atoms with Gasteiger partial charge in [-0.3, -0.25) is 14.9 Å². The van der Waals surface area contributed by atoms with Crippen LogP contribution in [0.5, 0.6) is 5.88 Å². The van der Waals surface area contributed by atoms with Crippen molar-refractivity contribution in [2.75, 3.05) is 63.6 Å². The zero-order valence-corrected chi connectivity index (χ0v) is 20.9. The van der Waals surface area contributed by atoms with Crippen molar-refractivity contribution in [1.82, 2.24) is 25.1 Å². The van der Waals surface area contributed by atoms with E-state index in [9.17, 15) is 14.4 Å². The first-order valence-electron chi connectivity index (χ1n) is 11.6. The van der Waals surface area contributed by atoms with Gasteiger partial charge in [-0.2, -0.15) is 4.98 Å². The summed E-state index contributed by atoms with van der Waals surface area (Å²) in [5, 5.41) is 4.77. The molecule has 1 aromatic carbocycles. The number of carbonyl (C=O) groups excluding carboxylic acids is 3. The topological polar surface area (TPSA) is 120 Å². The fourth-order valence-corrected chi connectivity index (χ4v) is 5.01. The van der Waals surface area contributed by atoms with E-state index in [1.165, 1.54) is 0 Å². The number of rotatable bonds is 7. The summed E-state index contributed by atoms with van der Waals surface area (Å²) in [4.78, 5) is 51.3. The number of nitrogens with one attached hydrogen (secondary N) is 2. The van der Waals surface area contributed by atoms with E-state index in [0.29, 0.717) is 50.3 Å². The van der Waals surface area contributed by atoms with E-state index in [4.69, 9.17) is 4.74 Å². The molecule has 36 heavy (non-hydrogen) atoms. The van der Waals surface area contributed by atoms with Gasteiger partial charge in [-0.15, -0.1) is 0 Å². The Labute approximate surface area is 212 Å². The van der Waals surface area contributed by atoms with E-state index >= 15 is 0 Å². The molecule has 0 bridgehead atoms. The highest BCUT2D eigenvalue weighted by molar-refractivity contribution is 8.18. The Morgan fingerprint density at radius 3 is 2.61 bits per heavy atom. The number of carbonyl (C=O) groups is 3. The van der Waals surface area contributed by atoms with Crippen molar-refractivity contribution in [3.8, 4) is 5.88 Å². The molecule has 188 valence electrons. The lowest BCUT2D eigenvalue weighted by Crippen LogP contribution is -2.73. The first kappa shape index (κ1) is 24.1. The third-order valence-corrected chi connectivity index (χ3v) is 6.93. The van der Waals surface area contributed by atoms with Gasteiger partial charge in [0.05, 0.1) is 10.6 Å². The molecule has 2 N–H and O–H groups in total. The fraction of sp³-hybridized carbons (Fsp3) is 0.375. The van der Waals surface area contributed by atoms with Gasteiger partial charge in [0, 0.05) is 49.9 Å². The van der Waals surface area contributed by atoms with Crippen molar-refractivity contribution >= 4 is 46.7 Å². The van der Waals surface area contributed by atoms with Crippen molar-refractivity contribution in [2.45, 2.75) is 0 Å². The Morgan fingerprint density at radius 2 is 1.94 bits per heavy atom. The van der Waals surface area contributed by atoms with Crippen LogP contribution in [0.1, 0.15) is 5.69 Å². The second-order valence-corrected chi connectivity index (χ2v) is 10.5. The Hall–Kier alpha value is -3.64. The maximum atomic E-state index is 12.5. The first-order chi connectivity index (χ1) is 17.3. The Balaban J connectivity index is 1.24. The van der Waals surface area contributed by atoms with Gasteiger partial charge in [0.25, 0.3) is 11.1 Å². The number of imide groups is 1. The third-order valence-electron chi connectivity index (χ3n) is 6.12. The smallest absolute Gasteiger partial charge is 0.321 e. The van der Waals surface area contributed by atoms with Gasteiger partial charge in [-0.05, 0) is 44.1 Å². The molecular formula is C24H27N7O4S. The standard InChI is InChI=1S/C24H27N7O4S/c1-29(2)8-9-35-19-11-17(10-18-20(32)28-23(34)36-18)25-21(27-19)30-12-24(13-30)14-31(15-24)22(33)26-16-6-4-3-5-7-16/h3-7,10-11H,8-9,12-15H2,1-2H3,(H,26,33)(H,28,32,34)/b18-10-. The molecule has 4 heterocycles. The predicted octanol–water partition coefficient (Wildman–Crippen LogP) is 2.09. The minimum Gasteiger partial charge on any atom is -0.476 e. The monoisotopic (exact) mass is 509 g/mol. The van der Waals surface area contributed by atoms with Crippen LogP contribution in [0.15, 0.2) is 41.3 Å². The van der Waals surface area contributed by atoms with Crippen LogP contribution in [0, 0.1) is 5.41 Å². The van der Waals surface area contributed by atoms with E-state index < -0.39 is 11.1 Å². The molecule has 0 atom stereocenters. The zero-order chi connectivity index (χ0) is 25.3. The summed E-state index contributed by atoms with van der Waals surface area (Å²) in [5.41, 5.74) is 1.28. The van der Waals surface area contributed by atoms with Gasteiger partial charge in [0.2, 0.25) is 11.8 Å². The van der Waals surface area contributed by atoms with Gasteiger partial charge in [-0.1, -0.05) is 18.2 Å². The summed E-state index contributed by atoms with van der Waals surface area (Å²) in [6, 6.07) is 11.0. The minimum absolute atomic E-state index is 0.0193. The van der Waals surface area contributed by atoms with Gasteiger partial charge in [-0.25, -0.2) is 9.78 Å². The lowest BCUT2D eigenvalue weighted by atomic mass is 9.73. The van der Waals surface area contributed by atoms with E-state index in [1.54, 1.807) is 17.0 Å². The molecule has 0 aliphatic carbocycles. The number of anilines is 2. The summed E-state index contributed by atoms with van der Waals surface area (Å²) in [6.45, 7) is 3.92. The number of hydrogen-bond donors (Lipinski definition) is 2.